The molecule has 0 radical (unpaired) electrons. The second-order valence-corrected chi connectivity index (χ2v) is 9.77. The standard InChI is InChI=1S/C15H2F28O3S/c16-1(3(18)5(21,22)7(25,26)9(29,30)13(37,38)15(42,43)47(44,45)46)2(17)4(19,20)6(23,24)8(27,28)10(31,32)11(33,34)12(35,36)14(39,40)41/h3H,(H,44,45,46)/b2-1+. The summed E-state index contributed by atoms with van der Waals surface area (Å²) in [6.07, 6.45) is -15.3. The fraction of sp³-hybridized carbons (Fsp3) is 0.867. The van der Waals surface area contributed by atoms with Gasteiger partial charge in [-0.3, -0.25) is 4.55 Å². The van der Waals surface area contributed by atoms with Crippen LogP contribution < -0.4 is 0 Å². The maximum atomic E-state index is 13.6. The lowest BCUT2D eigenvalue weighted by Crippen LogP contribution is -2.72. The molecular weight excluding hydrogens is 792 g/mol. The Balaban J connectivity index is 7.38. The molecule has 0 aromatic heterocycles. The van der Waals surface area contributed by atoms with E-state index in [1.54, 1.807) is 0 Å². The number of allylic oxidation sites excluding steroid dienone is 2. The molecule has 0 fully saturated rings. The quantitative estimate of drug-likeness (QED) is 0.150. The van der Waals surface area contributed by atoms with E-state index in [1.807, 2.05) is 0 Å². The summed E-state index contributed by atoms with van der Waals surface area (Å²) >= 11 is 0. The van der Waals surface area contributed by atoms with Crippen molar-refractivity contribution in [1.29, 1.82) is 0 Å². The molecule has 282 valence electrons. The van der Waals surface area contributed by atoms with E-state index in [4.69, 9.17) is 4.55 Å². The molecule has 32 heteroatoms. The molecule has 0 saturated heterocycles. The number of hydrogen-bond acceptors (Lipinski definition) is 2. The van der Waals surface area contributed by atoms with Crippen molar-refractivity contribution < 1.29 is 136 Å². The normalized spacial score (nSPS) is 17.9. The van der Waals surface area contributed by atoms with Crippen LogP contribution in [0, 0.1) is 0 Å². The lowest BCUT2D eigenvalue weighted by atomic mass is 9.89. The minimum Gasteiger partial charge on any atom is -0.281 e. The van der Waals surface area contributed by atoms with Gasteiger partial charge in [0.15, 0.2) is 5.83 Å². The van der Waals surface area contributed by atoms with Crippen molar-refractivity contribution in [2.75, 3.05) is 0 Å². The third-order valence-corrected chi connectivity index (χ3v) is 6.16. The Morgan fingerprint density at radius 1 is 0.447 bits per heavy atom. The molecule has 0 amide bonds. The first-order valence-electron chi connectivity index (χ1n) is 9.62. The van der Waals surface area contributed by atoms with Crippen molar-refractivity contribution in [2.45, 2.75) is 76.8 Å². The molecule has 0 aliphatic carbocycles. The molecule has 0 heterocycles. The van der Waals surface area contributed by atoms with Crippen molar-refractivity contribution in [3.8, 4) is 0 Å². The van der Waals surface area contributed by atoms with Gasteiger partial charge in [0.1, 0.15) is 0 Å². The van der Waals surface area contributed by atoms with Gasteiger partial charge in [0.05, 0.1) is 0 Å². The summed E-state index contributed by atoms with van der Waals surface area (Å²) in [5.74, 6) is -102. The molecule has 1 N–H and O–H groups in total. The summed E-state index contributed by atoms with van der Waals surface area (Å²) < 4.78 is 398. The Morgan fingerprint density at radius 3 is 1.02 bits per heavy atom. The van der Waals surface area contributed by atoms with Gasteiger partial charge in [0, 0.05) is 0 Å². The summed E-state index contributed by atoms with van der Waals surface area (Å²) in [4.78, 5) is 0. The monoisotopic (exact) mass is 794 g/mol. The maximum Gasteiger partial charge on any atom is 0.460 e. The van der Waals surface area contributed by atoms with Crippen molar-refractivity contribution in [3.05, 3.63) is 11.7 Å². The molecule has 47 heavy (non-hydrogen) atoms. The first-order chi connectivity index (χ1) is 19.7. The number of halogens is 28. The van der Waals surface area contributed by atoms with E-state index >= 15 is 0 Å². The predicted molar refractivity (Wildman–Crippen MR) is 86.2 cm³/mol. The van der Waals surface area contributed by atoms with Crippen LogP contribution >= 0.6 is 0 Å². The molecule has 0 aromatic carbocycles. The molecule has 0 aliphatic rings. The maximum absolute atomic E-state index is 13.6. The van der Waals surface area contributed by atoms with Gasteiger partial charge in [-0.15, -0.1) is 0 Å². The van der Waals surface area contributed by atoms with Gasteiger partial charge >= 0.3 is 80.8 Å². The highest BCUT2D eigenvalue weighted by molar-refractivity contribution is 7.87. The number of alkyl halides is 26. The van der Waals surface area contributed by atoms with Gasteiger partial charge in [-0.2, -0.15) is 118 Å². The Morgan fingerprint density at radius 2 is 0.723 bits per heavy atom. The highest BCUT2D eigenvalue weighted by atomic mass is 32.2. The topological polar surface area (TPSA) is 54.4 Å². The highest BCUT2D eigenvalue weighted by Crippen LogP contribution is 2.64. The van der Waals surface area contributed by atoms with Crippen LogP contribution in [-0.4, -0.2) is 89.8 Å². The van der Waals surface area contributed by atoms with Gasteiger partial charge in [-0.1, -0.05) is 0 Å². The van der Waals surface area contributed by atoms with Gasteiger partial charge in [-0.25, -0.2) is 13.2 Å². The van der Waals surface area contributed by atoms with E-state index in [0.717, 1.165) is 0 Å². The van der Waals surface area contributed by atoms with E-state index in [1.165, 1.54) is 0 Å². The predicted octanol–water partition coefficient (Wildman–Crippen LogP) is 8.87. The Bertz CT molecular complexity index is 1320. The second-order valence-electron chi connectivity index (χ2n) is 8.31. The van der Waals surface area contributed by atoms with Gasteiger partial charge < -0.3 is 0 Å². The minimum atomic E-state index is -9.37. The first kappa shape index (κ1) is 44.7. The number of rotatable bonds is 13. The number of hydrogen-bond donors (Lipinski definition) is 1. The van der Waals surface area contributed by atoms with Crippen molar-refractivity contribution in [1.82, 2.24) is 0 Å². The van der Waals surface area contributed by atoms with E-state index < -0.39 is 98.6 Å². The zero-order valence-electron chi connectivity index (χ0n) is 19.8. The van der Waals surface area contributed by atoms with Gasteiger partial charge in [0.2, 0.25) is 12.0 Å². The Labute approximate surface area is 235 Å². The van der Waals surface area contributed by atoms with Crippen molar-refractivity contribution >= 4 is 10.1 Å². The molecule has 0 aromatic rings. The highest BCUT2D eigenvalue weighted by Gasteiger charge is 2.94. The summed E-state index contributed by atoms with van der Waals surface area (Å²) in [6.45, 7) is 0. The zero-order valence-corrected chi connectivity index (χ0v) is 20.6. The fourth-order valence-corrected chi connectivity index (χ4v) is 2.89. The molecule has 3 nitrogen and oxygen atoms in total. The summed E-state index contributed by atoms with van der Waals surface area (Å²) in [6, 6.07) is 0. The van der Waals surface area contributed by atoms with Gasteiger partial charge in [-0.05, 0) is 0 Å². The molecular formula is C15H2F28O3S. The molecule has 0 saturated carbocycles. The van der Waals surface area contributed by atoms with Crippen LogP contribution in [0.3, 0.4) is 0 Å². The third-order valence-electron chi connectivity index (χ3n) is 5.25. The molecule has 0 rings (SSSR count). The molecule has 1 unspecified atom stereocenters. The van der Waals surface area contributed by atoms with Crippen LogP contribution in [0.25, 0.3) is 0 Å². The third kappa shape index (κ3) is 5.58. The molecule has 0 aliphatic heterocycles. The van der Waals surface area contributed by atoms with Gasteiger partial charge in [0.25, 0.3) is 0 Å². The van der Waals surface area contributed by atoms with Crippen molar-refractivity contribution in [3.63, 3.8) is 0 Å². The average Bonchev–Trinajstić information content (AvgIpc) is 2.84. The zero-order chi connectivity index (χ0) is 39.2. The van der Waals surface area contributed by atoms with Crippen LogP contribution in [-0.2, 0) is 10.1 Å². The van der Waals surface area contributed by atoms with E-state index in [2.05, 4.69) is 0 Å². The Hall–Kier alpha value is -2.31. The van der Waals surface area contributed by atoms with E-state index in [9.17, 15) is 131 Å². The van der Waals surface area contributed by atoms with Crippen LogP contribution in [0.5, 0.6) is 0 Å². The molecule has 1 atom stereocenters. The SMILES string of the molecule is O=S(=O)(O)C(F)(F)C(F)(F)C(F)(F)C(F)(F)C(F)(F)C(F)/C(F)=C(\F)C(F)(F)C(F)(F)C(F)(F)C(F)(F)C(F)(F)C(F)(F)C(F)(F)F. The molecule has 0 bridgehead atoms. The van der Waals surface area contributed by atoms with Crippen LogP contribution in [0.2, 0.25) is 0 Å². The van der Waals surface area contributed by atoms with Crippen LogP contribution in [0.4, 0.5) is 123 Å². The van der Waals surface area contributed by atoms with E-state index in [-0.39, 0.29) is 0 Å². The Kier molecular flexibility index (Phi) is 10.6. The first-order valence-corrected chi connectivity index (χ1v) is 11.1. The van der Waals surface area contributed by atoms with E-state index in [0.29, 0.717) is 0 Å². The average molecular weight is 794 g/mol. The van der Waals surface area contributed by atoms with Crippen LogP contribution in [0.1, 0.15) is 0 Å². The minimum absolute atomic E-state index is 5.74. The summed E-state index contributed by atoms with van der Waals surface area (Å²) in [5.41, 5.74) is 0. The summed E-state index contributed by atoms with van der Waals surface area (Å²) in [7, 11) is -8.15. The lowest BCUT2D eigenvalue weighted by molar-refractivity contribution is -0.451. The van der Waals surface area contributed by atoms with Crippen LogP contribution in [0.15, 0.2) is 11.7 Å². The van der Waals surface area contributed by atoms with Crippen molar-refractivity contribution in [2.24, 2.45) is 0 Å². The fourth-order valence-electron chi connectivity index (χ4n) is 2.44. The second kappa shape index (κ2) is 11.1. The largest absolute Gasteiger partial charge is 0.460 e. The summed E-state index contributed by atoms with van der Waals surface area (Å²) in [5, 5.41) is -8.08. The lowest BCUT2D eigenvalue weighted by Gasteiger charge is -2.41. The molecule has 0 spiro atoms. The smallest absolute Gasteiger partial charge is 0.281 e.